The van der Waals surface area contributed by atoms with Crippen molar-refractivity contribution in [3.8, 4) is 0 Å². The quantitative estimate of drug-likeness (QED) is 0.636. The van der Waals surface area contributed by atoms with E-state index in [1.54, 1.807) is 11.8 Å². The predicted octanol–water partition coefficient (Wildman–Crippen LogP) is 2.75. The number of methoxy groups -OCH3 is 1. The van der Waals surface area contributed by atoms with Crippen LogP contribution in [0.4, 0.5) is 0 Å². The highest BCUT2D eigenvalue weighted by Crippen LogP contribution is 2.21. The van der Waals surface area contributed by atoms with Crippen molar-refractivity contribution in [3.63, 3.8) is 0 Å². The molecule has 0 bridgehead atoms. The van der Waals surface area contributed by atoms with E-state index in [0.29, 0.717) is 12.1 Å². The van der Waals surface area contributed by atoms with E-state index in [0.717, 1.165) is 16.2 Å². The minimum absolute atomic E-state index is 0.313. The number of hydrogen-bond donors (Lipinski definition) is 0. The van der Waals surface area contributed by atoms with Crippen LogP contribution in [0.15, 0.2) is 35.4 Å². The number of rotatable bonds is 4. The molecule has 5 heteroatoms. The van der Waals surface area contributed by atoms with Gasteiger partial charge in [-0.05, 0) is 43.0 Å². The van der Waals surface area contributed by atoms with Crippen LogP contribution in [0.25, 0.3) is 0 Å². The van der Waals surface area contributed by atoms with E-state index in [-0.39, 0.29) is 5.97 Å². The van der Waals surface area contributed by atoms with Gasteiger partial charge in [0.25, 0.3) is 0 Å². The second-order valence-corrected chi connectivity index (χ2v) is 5.05. The smallest absolute Gasteiger partial charge is 0.338 e. The third-order valence-corrected chi connectivity index (χ3v) is 3.55. The van der Waals surface area contributed by atoms with E-state index in [2.05, 4.69) is 5.10 Å². The van der Waals surface area contributed by atoms with Gasteiger partial charge in [-0.15, -0.1) is 11.8 Å². The first kappa shape index (κ1) is 13.7. The Bertz CT molecular complexity index is 593. The first-order valence-electron chi connectivity index (χ1n) is 5.89. The molecule has 0 saturated carbocycles. The van der Waals surface area contributed by atoms with Crippen molar-refractivity contribution in [1.29, 1.82) is 0 Å². The molecule has 2 aromatic rings. The topological polar surface area (TPSA) is 44.1 Å². The summed E-state index contributed by atoms with van der Waals surface area (Å²) in [5, 5.41) is 4.35. The summed E-state index contributed by atoms with van der Waals surface area (Å²) in [6, 6.07) is 7.68. The van der Waals surface area contributed by atoms with Gasteiger partial charge in [-0.1, -0.05) is 0 Å². The van der Waals surface area contributed by atoms with Gasteiger partial charge in [0.1, 0.15) is 0 Å². The van der Waals surface area contributed by atoms with Crippen LogP contribution in [0.3, 0.4) is 0 Å². The van der Waals surface area contributed by atoms with Gasteiger partial charge in [0.15, 0.2) is 0 Å². The molecule has 0 aliphatic heterocycles. The number of ether oxygens (including phenoxy) is 1. The lowest BCUT2D eigenvalue weighted by atomic mass is 10.1. The summed E-state index contributed by atoms with van der Waals surface area (Å²) in [7, 11) is 1.40. The molecule has 0 unspecified atom stereocenters. The SMILES string of the molecule is COC(=O)c1ccc(SC)cc1Cn1ccc(C)n1. The van der Waals surface area contributed by atoms with Crippen molar-refractivity contribution in [1.82, 2.24) is 9.78 Å². The van der Waals surface area contributed by atoms with Crippen LogP contribution in [0.2, 0.25) is 0 Å². The van der Waals surface area contributed by atoms with Gasteiger partial charge in [-0.2, -0.15) is 5.10 Å². The van der Waals surface area contributed by atoms with E-state index in [1.165, 1.54) is 7.11 Å². The number of nitrogens with zero attached hydrogens (tertiary/aromatic N) is 2. The molecule has 0 fully saturated rings. The van der Waals surface area contributed by atoms with Gasteiger partial charge in [-0.3, -0.25) is 4.68 Å². The van der Waals surface area contributed by atoms with E-state index in [9.17, 15) is 4.79 Å². The number of benzene rings is 1. The molecule has 0 saturated heterocycles. The molecule has 0 radical (unpaired) electrons. The maximum absolute atomic E-state index is 11.8. The monoisotopic (exact) mass is 276 g/mol. The van der Waals surface area contributed by atoms with Crippen LogP contribution in [0.5, 0.6) is 0 Å². The number of thioether (sulfide) groups is 1. The Kier molecular flexibility index (Phi) is 4.27. The average molecular weight is 276 g/mol. The summed E-state index contributed by atoms with van der Waals surface area (Å²) in [5.41, 5.74) is 2.47. The zero-order valence-electron chi connectivity index (χ0n) is 11.2. The summed E-state index contributed by atoms with van der Waals surface area (Å²) >= 11 is 1.64. The molecular formula is C14H16N2O2S. The van der Waals surface area contributed by atoms with Crippen molar-refractivity contribution in [3.05, 3.63) is 47.3 Å². The van der Waals surface area contributed by atoms with Crippen molar-refractivity contribution in [2.24, 2.45) is 0 Å². The molecule has 1 aromatic carbocycles. The normalized spacial score (nSPS) is 10.5. The molecule has 1 heterocycles. The zero-order chi connectivity index (χ0) is 13.8. The third kappa shape index (κ3) is 3.17. The van der Waals surface area contributed by atoms with E-state index in [4.69, 9.17) is 4.74 Å². The second kappa shape index (κ2) is 5.93. The summed E-state index contributed by atoms with van der Waals surface area (Å²) in [6.07, 6.45) is 3.91. The molecule has 0 N–H and O–H groups in total. The fourth-order valence-electron chi connectivity index (χ4n) is 1.86. The maximum Gasteiger partial charge on any atom is 0.338 e. The lowest BCUT2D eigenvalue weighted by Crippen LogP contribution is -2.09. The molecule has 100 valence electrons. The van der Waals surface area contributed by atoms with Crippen LogP contribution in [-0.4, -0.2) is 29.1 Å². The van der Waals surface area contributed by atoms with E-state index >= 15 is 0 Å². The first-order chi connectivity index (χ1) is 9.13. The molecule has 4 nitrogen and oxygen atoms in total. The van der Waals surface area contributed by atoms with Crippen LogP contribution in [-0.2, 0) is 11.3 Å². The van der Waals surface area contributed by atoms with E-state index < -0.39 is 0 Å². The lowest BCUT2D eigenvalue weighted by Gasteiger charge is -2.10. The molecule has 2 rings (SSSR count). The minimum atomic E-state index is -0.313. The summed E-state index contributed by atoms with van der Waals surface area (Å²) in [5.74, 6) is -0.313. The van der Waals surface area contributed by atoms with Crippen LogP contribution >= 0.6 is 11.8 Å². The molecule has 0 aliphatic carbocycles. The molecule has 0 atom stereocenters. The Morgan fingerprint density at radius 3 is 2.79 bits per heavy atom. The van der Waals surface area contributed by atoms with Gasteiger partial charge in [0.2, 0.25) is 0 Å². The van der Waals surface area contributed by atoms with Gasteiger partial charge in [-0.25, -0.2) is 4.79 Å². The number of esters is 1. The highest BCUT2D eigenvalue weighted by Gasteiger charge is 2.13. The molecule has 19 heavy (non-hydrogen) atoms. The van der Waals surface area contributed by atoms with Crippen LogP contribution in [0.1, 0.15) is 21.6 Å². The van der Waals surface area contributed by atoms with Crippen molar-refractivity contribution in [2.45, 2.75) is 18.4 Å². The van der Waals surface area contributed by atoms with Gasteiger partial charge < -0.3 is 4.74 Å². The zero-order valence-corrected chi connectivity index (χ0v) is 12.0. The Hall–Kier alpha value is -1.75. The number of aryl methyl sites for hydroxylation is 1. The minimum Gasteiger partial charge on any atom is -0.465 e. The Morgan fingerprint density at radius 2 is 2.21 bits per heavy atom. The largest absolute Gasteiger partial charge is 0.465 e. The number of carbonyl (C=O) groups is 1. The highest BCUT2D eigenvalue weighted by molar-refractivity contribution is 7.98. The number of hydrogen-bond acceptors (Lipinski definition) is 4. The lowest BCUT2D eigenvalue weighted by molar-refractivity contribution is 0.0599. The molecular weight excluding hydrogens is 260 g/mol. The Balaban J connectivity index is 2.37. The summed E-state index contributed by atoms with van der Waals surface area (Å²) < 4.78 is 6.64. The predicted molar refractivity (Wildman–Crippen MR) is 75.6 cm³/mol. The van der Waals surface area contributed by atoms with Crippen LogP contribution < -0.4 is 0 Å². The second-order valence-electron chi connectivity index (χ2n) is 4.17. The number of aromatic nitrogens is 2. The maximum atomic E-state index is 11.8. The van der Waals surface area contributed by atoms with Gasteiger partial charge in [0.05, 0.1) is 24.9 Å². The Morgan fingerprint density at radius 1 is 1.42 bits per heavy atom. The fraction of sp³-hybridized carbons (Fsp3) is 0.286. The summed E-state index contributed by atoms with van der Waals surface area (Å²) in [4.78, 5) is 12.9. The van der Waals surface area contributed by atoms with E-state index in [1.807, 2.05) is 48.3 Å². The number of carbonyl (C=O) groups excluding carboxylic acids is 1. The molecule has 1 aromatic heterocycles. The van der Waals surface area contributed by atoms with Gasteiger partial charge in [0, 0.05) is 11.1 Å². The first-order valence-corrected chi connectivity index (χ1v) is 7.12. The van der Waals surface area contributed by atoms with Crippen molar-refractivity contribution >= 4 is 17.7 Å². The summed E-state index contributed by atoms with van der Waals surface area (Å²) in [6.45, 7) is 2.50. The fourth-order valence-corrected chi connectivity index (χ4v) is 2.33. The molecule has 0 spiro atoms. The van der Waals surface area contributed by atoms with Crippen LogP contribution in [0, 0.1) is 6.92 Å². The molecule has 0 amide bonds. The Labute approximate surface area is 116 Å². The average Bonchev–Trinajstić information content (AvgIpc) is 2.83. The standard InChI is InChI=1S/C14H16N2O2S/c1-10-6-7-16(15-10)9-11-8-12(19-3)4-5-13(11)14(17)18-2/h4-8H,9H2,1-3H3. The van der Waals surface area contributed by atoms with Gasteiger partial charge >= 0.3 is 5.97 Å². The van der Waals surface area contributed by atoms with Crippen molar-refractivity contribution < 1.29 is 9.53 Å². The third-order valence-electron chi connectivity index (χ3n) is 2.82. The highest BCUT2D eigenvalue weighted by atomic mass is 32.2. The molecule has 0 aliphatic rings. The van der Waals surface area contributed by atoms with Crippen molar-refractivity contribution in [2.75, 3.05) is 13.4 Å².